The van der Waals surface area contributed by atoms with Gasteiger partial charge in [0.15, 0.2) is 5.82 Å². The lowest BCUT2D eigenvalue weighted by atomic mass is 10.2. The summed E-state index contributed by atoms with van der Waals surface area (Å²) in [7, 11) is 1.73. The van der Waals surface area contributed by atoms with Crippen LogP contribution in [0.2, 0.25) is 0 Å². The molecule has 0 saturated heterocycles. The molecule has 1 aromatic heterocycles. The molecule has 1 aromatic carbocycles. The first-order valence-corrected chi connectivity index (χ1v) is 6.36. The van der Waals surface area contributed by atoms with Gasteiger partial charge in [-0.3, -0.25) is 9.48 Å². The minimum atomic E-state index is -0.274. The molecule has 20 heavy (non-hydrogen) atoms. The standard InChI is InChI=1S/C14H18N4O2/c1-4-20-11-8-6-5-7-10(11)14(19)16-13-12(15)9(2)17-18(13)3/h5-8H,4,15H2,1-3H3,(H,16,19). The first-order chi connectivity index (χ1) is 9.54. The van der Waals surface area contributed by atoms with Gasteiger partial charge in [0.1, 0.15) is 5.75 Å². The lowest BCUT2D eigenvalue weighted by Crippen LogP contribution is -2.16. The number of amides is 1. The fourth-order valence-corrected chi connectivity index (χ4v) is 1.93. The maximum absolute atomic E-state index is 12.3. The number of nitrogens with two attached hydrogens (primary N) is 1. The predicted octanol–water partition coefficient (Wildman–Crippen LogP) is 1.96. The van der Waals surface area contributed by atoms with Crippen molar-refractivity contribution in [1.29, 1.82) is 0 Å². The van der Waals surface area contributed by atoms with Crippen molar-refractivity contribution in [2.45, 2.75) is 13.8 Å². The first kappa shape index (κ1) is 13.9. The molecule has 2 aromatic rings. The summed E-state index contributed by atoms with van der Waals surface area (Å²) < 4.78 is 6.99. The summed E-state index contributed by atoms with van der Waals surface area (Å²) in [5, 5.41) is 6.93. The van der Waals surface area contributed by atoms with Crippen molar-refractivity contribution in [3.63, 3.8) is 0 Å². The zero-order valence-electron chi connectivity index (χ0n) is 11.8. The molecule has 3 N–H and O–H groups in total. The average Bonchev–Trinajstić information content (AvgIpc) is 2.66. The summed E-state index contributed by atoms with van der Waals surface area (Å²) in [6, 6.07) is 7.08. The Hall–Kier alpha value is -2.50. The van der Waals surface area contributed by atoms with E-state index in [1.165, 1.54) is 0 Å². The predicted molar refractivity (Wildman–Crippen MR) is 77.9 cm³/mol. The Morgan fingerprint density at radius 2 is 2.15 bits per heavy atom. The molecule has 0 aliphatic carbocycles. The van der Waals surface area contributed by atoms with E-state index in [-0.39, 0.29) is 5.91 Å². The van der Waals surface area contributed by atoms with Gasteiger partial charge in [0.05, 0.1) is 23.6 Å². The summed E-state index contributed by atoms with van der Waals surface area (Å²) in [5.74, 6) is 0.757. The summed E-state index contributed by atoms with van der Waals surface area (Å²) in [6.45, 7) is 4.16. The van der Waals surface area contributed by atoms with Crippen molar-refractivity contribution in [3.05, 3.63) is 35.5 Å². The molecule has 0 saturated carbocycles. The highest BCUT2D eigenvalue weighted by Gasteiger charge is 2.17. The smallest absolute Gasteiger partial charge is 0.260 e. The zero-order chi connectivity index (χ0) is 14.7. The topological polar surface area (TPSA) is 82.2 Å². The largest absolute Gasteiger partial charge is 0.493 e. The van der Waals surface area contributed by atoms with Crippen LogP contribution in [-0.2, 0) is 7.05 Å². The molecule has 0 spiro atoms. The highest BCUT2D eigenvalue weighted by molar-refractivity contribution is 6.07. The number of hydrogen-bond acceptors (Lipinski definition) is 4. The van der Waals surface area contributed by atoms with Gasteiger partial charge < -0.3 is 15.8 Å². The number of carbonyl (C=O) groups excluding carboxylic acids is 1. The van der Waals surface area contributed by atoms with Gasteiger partial charge in [-0.25, -0.2) is 0 Å². The number of para-hydroxylation sites is 1. The molecule has 0 bridgehead atoms. The number of rotatable bonds is 4. The van der Waals surface area contributed by atoms with Crippen LogP contribution in [0.1, 0.15) is 23.0 Å². The number of anilines is 2. The molecule has 0 fully saturated rings. The van der Waals surface area contributed by atoms with Crippen LogP contribution in [0.15, 0.2) is 24.3 Å². The van der Waals surface area contributed by atoms with Gasteiger partial charge in [-0.05, 0) is 26.0 Å². The second-order valence-corrected chi connectivity index (χ2v) is 4.35. The van der Waals surface area contributed by atoms with Crippen molar-refractivity contribution in [1.82, 2.24) is 9.78 Å². The summed E-state index contributed by atoms with van der Waals surface area (Å²) in [6.07, 6.45) is 0. The van der Waals surface area contributed by atoms with Crippen LogP contribution >= 0.6 is 0 Å². The third kappa shape index (κ3) is 2.59. The van der Waals surface area contributed by atoms with Gasteiger partial charge in [-0.1, -0.05) is 12.1 Å². The van der Waals surface area contributed by atoms with Crippen LogP contribution in [0.4, 0.5) is 11.5 Å². The van der Waals surface area contributed by atoms with Gasteiger partial charge in [0, 0.05) is 7.05 Å². The number of nitrogen functional groups attached to an aromatic ring is 1. The second kappa shape index (κ2) is 5.64. The van der Waals surface area contributed by atoms with E-state index in [1.54, 1.807) is 36.9 Å². The Bertz CT molecular complexity index is 634. The number of nitrogens with zero attached hydrogens (tertiary/aromatic N) is 2. The molecule has 2 rings (SSSR count). The fourth-order valence-electron chi connectivity index (χ4n) is 1.93. The fraction of sp³-hybridized carbons (Fsp3) is 0.286. The van der Waals surface area contributed by atoms with Gasteiger partial charge in [0.2, 0.25) is 0 Å². The average molecular weight is 274 g/mol. The second-order valence-electron chi connectivity index (χ2n) is 4.35. The Morgan fingerprint density at radius 1 is 1.45 bits per heavy atom. The minimum absolute atomic E-state index is 0.274. The van der Waals surface area contributed by atoms with Crippen LogP contribution in [0, 0.1) is 6.92 Å². The molecule has 106 valence electrons. The Kier molecular flexibility index (Phi) is 3.93. The summed E-state index contributed by atoms with van der Waals surface area (Å²) in [5.41, 5.74) is 7.51. The Morgan fingerprint density at radius 3 is 2.75 bits per heavy atom. The van der Waals surface area contributed by atoms with Gasteiger partial charge in [0.25, 0.3) is 5.91 Å². The molecule has 0 aliphatic heterocycles. The number of benzene rings is 1. The van der Waals surface area contributed by atoms with Crippen LogP contribution < -0.4 is 15.8 Å². The van der Waals surface area contributed by atoms with E-state index in [4.69, 9.17) is 10.5 Å². The molecule has 6 nitrogen and oxygen atoms in total. The third-order valence-electron chi connectivity index (χ3n) is 2.93. The van der Waals surface area contributed by atoms with Crippen molar-refractivity contribution in [3.8, 4) is 5.75 Å². The van der Waals surface area contributed by atoms with Crippen LogP contribution in [0.3, 0.4) is 0 Å². The van der Waals surface area contributed by atoms with Crippen molar-refractivity contribution in [2.24, 2.45) is 7.05 Å². The van der Waals surface area contributed by atoms with Crippen LogP contribution in [0.5, 0.6) is 5.75 Å². The highest BCUT2D eigenvalue weighted by Crippen LogP contribution is 2.24. The quantitative estimate of drug-likeness (QED) is 0.893. The maximum atomic E-state index is 12.3. The van der Waals surface area contributed by atoms with Crippen molar-refractivity contribution >= 4 is 17.4 Å². The first-order valence-electron chi connectivity index (χ1n) is 6.36. The zero-order valence-corrected chi connectivity index (χ0v) is 11.8. The SMILES string of the molecule is CCOc1ccccc1C(=O)Nc1c(N)c(C)nn1C. The number of ether oxygens (including phenoxy) is 1. The Balaban J connectivity index is 2.29. The van der Waals surface area contributed by atoms with E-state index in [0.29, 0.717) is 35.1 Å². The van der Waals surface area contributed by atoms with E-state index < -0.39 is 0 Å². The third-order valence-corrected chi connectivity index (χ3v) is 2.93. The monoisotopic (exact) mass is 274 g/mol. The molecular formula is C14H18N4O2. The van der Waals surface area contributed by atoms with Gasteiger partial charge in [-0.2, -0.15) is 5.10 Å². The van der Waals surface area contributed by atoms with Crippen LogP contribution in [0.25, 0.3) is 0 Å². The minimum Gasteiger partial charge on any atom is -0.493 e. The van der Waals surface area contributed by atoms with Crippen LogP contribution in [-0.4, -0.2) is 22.3 Å². The number of carbonyl (C=O) groups is 1. The molecular weight excluding hydrogens is 256 g/mol. The highest BCUT2D eigenvalue weighted by atomic mass is 16.5. The Labute approximate surface area is 117 Å². The molecule has 1 amide bonds. The van der Waals surface area contributed by atoms with Gasteiger partial charge in [-0.15, -0.1) is 0 Å². The number of aryl methyl sites for hydroxylation is 2. The lowest BCUT2D eigenvalue weighted by Gasteiger charge is -2.11. The van der Waals surface area contributed by atoms with E-state index >= 15 is 0 Å². The summed E-state index contributed by atoms with van der Waals surface area (Å²) in [4.78, 5) is 12.3. The number of nitrogens with one attached hydrogen (secondary N) is 1. The molecule has 1 heterocycles. The maximum Gasteiger partial charge on any atom is 0.260 e. The molecule has 6 heteroatoms. The van der Waals surface area contributed by atoms with Gasteiger partial charge >= 0.3 is 0 Å². The number of hydrogen-bond donors (Lipinski definition) is 2. The van der Waals surface area contributed by atoms with Crippen molar-refractivity contribution in [2.75, 3.05) is 17.7 Å². The lowest BCUT2D eigenvalue weighted by molar-refractivity contribution is 0.102. The molecule has 0 radical (unpaired) electrons. The molecule has 0 unspecified atom stereocenters. The van der Waals surface area contributed by atoms with E-state index in [9.17, 15) is 4.79 Å². The van der Waals surface area contributed by atoms with E-state index in [2.05, 4.69) is 10.4 Å². The van der Waals surface area contributed by atoms with E-state index in [1.807, 2.05) is 13.0 Å². The molecule has 0 aliphatic rings. The van der Waals surface area contributed by atoms with Crippen molar-refractivity contribution < 1.29 is 9.53 Å². The summed E-state index contributed by atoms with van der Waals surface area (Å²) >= 11 is 0. The normalized spacial score (nSPS) is 10.3. The van der Waals surface area contributed by atoms with E-state index in [0.717, 1.165) is 0 Å². The number of aromatic nitrogens is 2. The molecule has 0 atom stereocenters.